The molecule has 1 atom stereocenters. The number of ether oxygens (including phenoxy) is 2. The van der Waals surface area contributed by atoms with Crippen molar-refractivity contribution in [2.24, 2.45) is 16.9 Å². The second-order valence-corrected chi connectivity index (χ2v) is 5.29. The predicted molar refractivity (Wildman–Crippen MR) is 73.9 cm³/mol. The highest BCUT2D eigenvalue weighted by Crippen LogP contribution is 2.33. The van der Waals surface area contributed by atoms with E-state index in [2.05, 4.69) is 13.8 Å². The number of hydrogen-bond donors (Lipinski definition) is 2. The summed E-state index contributed by atoms with van der Waals surface area (Å²) in [5.74, 6) is 1.42. The molecule has 0 aliphatic carbocycles. The Balaban J connectivity index is 2.90. The molecule has 0 amide bonds. The van der Waals surface area contributed by atoms with Gasteiger partial charge in [-0.1, -0.05) is 19.9 Å². The maximum Gasteiger partial charge on any atom is 0.161 e. The van der Waals surface area contributed by atoms with E-state index in [0.29, 0.717) is 18.0 Å². The minimum absolute atomic E-state index is 0.0343. The molecular weight excluding hydrogens is 228 g/mol. The van der Waals surface area contributed by atoms with Gasteiger partial charge in [0.2, 0.25) is 0 Å². The minimum atomic E-state index is -0.0524. The summed E-state index contributed by atoms with van der Waals surface area (Å²) in [5, 5.41) is 0. The molecule has 0 fully saturated rings. The van der Waals surface area contributed by atoms with E-state index in [-0.39, 0.29) is 11.5 Å². The van der Waals surface area contributed by atoms with Gasteiger partial charge in [-0.2, -0.15) is 0 Å². The fourth-order valence-corrected chi connectivity index (χ4v) is 1.88. The molecule has 0 saturated heterocycles. The lowest BCUT2D eigenvalue weighted by Crippen LogP contribution is -2.28. The second-order valence-electron chi connectivity index (χ2n) is 5.29. The fraction of sp³-hybridized carbons (Fsp3) is 0.571. The molecule has 0 radical (unpaired) electrons. The van der Waals surface area contributed by atoms with E-state index in [1.54, 1.807) is 14.2 Å². The van der Waals surface area contributed by atoms with Gasteiger partial charge in [0.1, 0.15) is 0 Å². The average molecular weight is 252 g/mol. The Bertz CT molecular complexity index is 391. The smallest absolute Gasteiger partial charge is 0.161 e. The Morgan fingerprint density at radius 3 is 2.28 bits per heavy atom. The topological polar surface area (TPSA) is 70.5 Å². The van der Waals surface area contributed by atoms with Crippen molar-refractivity contribution in [2.45, 2.75) is 26.3 Å². The average Bonchev–Trinajstić information content (AvgIpc) is 2.37. The lowest BCUT2D eigenvalue weighted by molar-refractivity contribution is 0.316. The molecule has 0 aliphatic heterocycles. The molecule has 1 aromatic carbocycles. The van der Waals surface area contributed by atoms with E-state index in [9.17, 15) is 0 Å². The summed E-state index contributed by atoms with van der Waals surface area (Å²) in [4.78, 5) is 0. The van der Waals surface area contributed by atoms with Gasteiger partial charge in [0.15, 0.2) is 11.5 Å². The molecule has 1 unspecified atom stereocenters. The van der Waals surface area contributed by atoms with E-state index >= 15 is 0 Å². The normalized spacial score (nSPS) is 13.2. The van der Waals surface area contributed by atoms with Crippen LogP contribution in [0, 0.1) is 5.41 Å². The fourth-order valence-electron chi connectivity index (χ4n) is 1.88. The largest absolute Gasteiger partial charge is 0.493 e. The van der Waals surface area contributed by atoms with Crippen molar-refractivity contribution in [1.82, 2.24) is 0 Å². The van der Waals surface area contributed by atoms with Gasteiger partial charge in [0.05, 0.1) is 14.2 Å². The van der Waals surface area contributed by atoms with Crippen LogP contribution in [0.5, 0.6) is 11.5 Å². The van der Waals surface area contributed by atoms with E-state index < -0.39 is 0 Å². The van der Waals surface area contributed by atoms with Crippen LogP contribution in [0.3, 0.4) is 0 Å². The van der Waals surface area contributed by atoms with Crippen LogP contribution in [0.15, 0.2) is 18.2 Å². The summed E-state index contributed by atoms with van der Waals surface area (Å²) in [7, 11) is 3.24. The molecule has 0 saturated carbocycles. The number of rotatable bonds is 6. The molecule has 4 heteroatoms. The van der Waals surface area contributed by atoms with Crippen LogP contribution in [0.4, 0.5) is 0 Å². The molecule has 1 aromatic rings. The first-order valence-electron chi connectivity index (χ1n) is 6.11. The van der Waals surface area contributed by atoms with Crippen molar-refractivity contribution in [1.29, 1.82) is 0 Å². The quantitative estimate of drug-likeness (QED) is 0.813. The van der Waals surface area contributed by atoms with Crippen LogP contribution in [0.25, 0.3) is 0 Å². The monoisotopic (exact) mass is 252 g/mol. The molecule has 4 N–H and O–H groups in total. The lowest BCUT2D eigenvalue weighted by atomic mass is 9.84. The Morgan fingerprint density at radius 1 is 1.17 bits per heavy atom. The van der Waals surface area contributed by atoms with Crippen LogP contribution in [0.1, 0.15) is 31.9 Å². The molecule has 0 heterocycles. The second kappa shape index (κ2) is 6.07. The standard InChI is InChI=1S/C14H24N2O2/c1-14(2,9-15)8-11(16)10-5-6-12(17-3)13(7-10)18-4/h5-7,11H,8-9,15-16H2,1-4H3. The van der Waals surface area contributed by atoms with E-state index in [0.717, 1.165) is 12.0 Å². The van der Waals surface area contributed by atoms with Crippen LogP contribution in [-0.4, -0.2) is 20.8 Å². The van der Waals surface area contributed by atoms with Gasteiger partial charge in [-0.15, -0.1) is 0 Å². The molecule has 0 bridgehead atoms. The molecule has 0 spiro atoms. The molecule has 102 valence electrons. The lowest BCUT2D eigenvalue weighted by Gasteiger charge is -2.26. The first kappa shape index (κ1) is 14.8. The van der Waals surface area contributed by atoms with E-state index in [1.807, 2.05) is 18.2 Å². The Labute approximate surface area is 109 Å². The third-order valence-electron chi connectivity index (χ3n) is 3.16. The van der Waals surface area contributed by atoms with Crippen molar-refractivity contribution in [3.8, 4) is 11.5 Å². The minimum Gasteiger partial charge on any atom is -0.493 e. The highest BCUT2D eigenvalue weighted by atomic mass is 16.5. The molecule has 18 heavy (non-hydrogen) atoms. The summed E-state index contributed by atoms with van der Waals surface area (Å²) < 4.78 is 10.5. The molecule has 0 aliphatic rings. The summed E-state index contributed by atoms with van der Waals surface area (Å²) >= 11 is 0. The zero-order valence-corrected chi connectivity index (χ0v) is 11.7. The first-order valence-corrected chi connectivity index (χ1v) is 6.11. The molecule has 4 nitrogen and oxygen atoms in total. The Hall–Kier alpha value is -1.26. The summed E-state index contributed by atoms with van der Waals surface area (Å²) in [6.07, 6.45) is 0.832. The maximum atomic E-state index is 6.22. The third-order valence-corrected chi connectivity index (χ3v) is 3.16. The van der Waals surface area contributed by atoms with E-state index in [1.165, 1.54) is 0 Å². The summed E-state index contributed by atoms with van der Waals surface area (Å²) in [6, 6.07) is 5.72. The van der Waals surface area contributed by atoms with Gasteiger partial charge in [0.25, 0.3) is 0 Å². The van der Waals surface area contributed by atoms with Gasteiger partial charge in [-0.25, -0.2) is 0 Å². The van der Waals surface area contributed by atoms with Crippen molar-refractivity contribution in [3.63, 3.8) is 0 Å². The van der Waals surface area contributed by atoms with Crippen LogP contribution < -0.4 is 20.9 Å². The van der Waals surface area contributed by atoms with Gasteiger partial charge < -0.3 is 20.9 Å². The zero-order valence-electron chi connectivity index (χ0n) is 11.7. The number of hydrogen-bond acceptors (Lipinski definition) is 4. The Kier molecular flexibility index (Phi) is 4.99. The van der Waals surface area contributed by atoms with Crippen LogP contribution in [-0.2, 0) is 0 Å². The highest BCUT2D eigenvalue weighted by molar-refractivity contribution is 5.43. The summed E-state index contributed by atoms with van der Waals surface area (Å²) in [5.41, 5.74) is 13.0. The van der Waals surface area contributed by atoms with Crippen molar-refractivity contribution in [3.05, 3.63) is 23.8 Å². The number of benzene rings is 1. The predicted octanol–water partition coefficient (Wildman–Crippen LogP) is 2.08. The maximum absolute atomic E-state index is 6.22. The first-order chi connectivity index (χ1) is 8.43. The molecule has 1 rings (SSSR count). The summed E-state index contributed by atoms with van der Waals surface area (Å²) in [6.45, 7) is 4.86. The van der Waals surface area contributed by atoms with Crippen LogP contribution in [0.2, 0.25) is 0 Å². The number of nitrogens with two attached hydrogens (primary N) is 2. The zero-order chi connectivity index (χ0) is 13.8. The van der Waals surface area contributed by atoms with E-state index in [4.69, 9.17) is 20.9 Å². The van der Waals surface area contributed by atoms with Gasteiger partial charge >= 0.3 is 0 Å². The molecule has 0 aromatic heterocycles. The van der Waals surface area contributed by atoms with Gasteiger partial charge in [-0.05, 0) is 36.1 Å². The van der Waals surface area contributed by atoms with Gasteiger partial charge in [-0.3, -0.25) is 0 Å². The highest BCUT2D eigenvalue weighted by Gasteiger charge is 2.21. The van der Waals surface area contributed by atoms with Crippen molar-refractivity contribution in [2.75, 3.05) is 20.8 Å². The SMILES string of the molecule is COc1ccc(C(N)CC(C)(C)CN)cc1OC. The van der Waals surface area contributed by atoms with Gasteiger partial charge in [0, 0.05) is 6.04 Å². The number of methoxy groups -OCH3 is 2. The molecular formula is C14H24N2O2. The van der Waals surface area contributed by atoms with Crippen LogP contribution >= 0.6 is 0 Å². The third kappa shape index (κ3) is 3.62. The van der Waals surface area contributed by atoms with Crippen molar-refractivity contribution < 1.29 is 9.47 Å². The van der Waals surface area contributed by atoms with Crippen molar-refractivity contribution >= 4 is 0 Å². The Morgan fingerprint density at radius 2 is 1.78 bits per heavy atom.